The van der Waals surface area contributed by atoms with E-state index in [1.165, 1.54) is 12.1 Å². The topological polar surface area (TPSA) is 71.4 Å². The summed E-state index contributed by atoms with van der Waals surface area (Å²) >= 11 is 6.03. The molecule has 2 aromatic rings. The van der Waals surface area contributed by atoms with Gasteiger partial charge in [0.15, 0.2) is 5.78 Å². The van der Waals surface area contributed by atoms with E-state index < -0.39 is 22.7 Å². The van der Waals surface area contributed by atoms with Gasteiger partial charge in [-0.1, -0.05) is 41.9 Å². The molecule has 0 fully saturated rings. The van der Waals surface area contributed by atoms with Crippen LogP contribution in [0.4, 0.5) is 0 Å². The van der Waals surface area contributed by atoms with Crippen molar-refractivity contribution in [3.63, 3.8) is 0 Å². The molecule has 6 heteroatoms. The van der Waals surface area contributed by atoms with Gasteiger partial charge in [-0.3, -0.25) is 13.8 Å². The van der Waals surface area contributed by atoms with E-state index in [9.17, 15) is 18.9 Å². The van der Waals surface area contributed by atoms with E-state index >= 15 is 0 Å². The van der Waals surface area contributed by atoms with Crippen molar-refractivity contribution in [2.24, 2.45) is 0 Å². The molecule has 0 aliphatic carbocycles. The Morgan fingerprint density at radius 1 is 1.18 bits per heavy atom. The highest BCUT2D eigenvalue weighted by Crippen LogP contribution is 2.38. The molecule has 4 nitrogen and oxygen atoms in total. The average molecular weight is 335 g/mol. The van der Waals surface area contributed by atoms with Crippen LogP contribution >= 0.6 is 11.6 Å². The third-order valence-corrected chi connectivity index (χ3v) is 5.35. The number of carboxylic acid groups (broad SMARTS) is 1. The Balaban J connectivity index is 2.19. The molecule has 0 spiro atoms. The van der Waals surface area contributed by atoms with E-state index in [2.05, 4.69) is 0 Å². The number of hydrogen-bond donors (Lipinski definition) is 1. The lowest BCUT2D eigenvalue weighted by Crippen LogP contribution is -2.11. The molecule has 0 radical (unpaired) electrons. The highest BCUT2D eigenvalue weighted by atomic mass is 35.5. The van der Waals surface area contributed by atoms with Crippen LogP contribution in [-0.2, 0) is 15.6 Å². The maximum atomic E-state index is 12.6. The number of rotatable bonds is 3. The van der Waals surface area contributed by atoms with E-state index in [4.69, 9.17) is 11.6 Å². The van der Waals surface area contributed by atoms with Crippen LogP contribution in [0.2, 0.25) is 5.02 Å². The Bertz CT molecular complexity index is 801. The third-order valence-electron chi connectivity index (χ3n) is 3.58. The average Bonchev–Trinajstić information content (AvgIpc) is 2.84. The molecule has 0 bridgehead atoms. The van der Waals surface area contributed by atoms with Crippen molar-refractivity contribution in [3.05, 3.63) is 64.2 Å². The van der Waals surface area contributed by atoms with Gasteiger partial charge in [0.2, 0.25) is 0 Å². The fourth-order valence-electron chi connectivity index (χ4n) is 2.57. The summed E-state index contributed by atoms with van der Waals surface area (Å²) in [4.78, 5) is 24.2. The van der Waals surface area contributed by atoms with Crippen LogP contribution in [0.5, 0.6) is 0 Å². The molecule has 1 heterocycles. The third kappa shape index (κ3) is 2.46. The first kappa shape index (κ1) is 14.9. The summed E-state index contributed by atoms with van der Waals surface area (Å²) in [6.45, 7) is 0. The molecular weight excluding hydrogens is 324 g/mol. The zero-order valence-electron chi connectivity index (χ0n) is 11.3. The Morgan fingerprint density at radius 2 is 1.86 bits per heavy atom. The van der Waals surface area contributed by atoms with E-state index in [1.807, 2.05) is 0 Å². The minimum absolute atomic E-state index is 0.0277. The predicted octanol–water partition coefficient (Wildman–Crippen LogP) is 2.86. The minimum Gasteiger partial charge on any atom is -0.481 e. The first-order chi connectivity index (χ1) is 10.5. The Labute approximate surface area is 134 Å². The van der Waals surface area contributed by atoms with Gasteiger partial charge < -0.3 is 5.11 Å². The molecule has 1 aliphatic rings. The lowest BCUT2D eigenvalue weighted by Gasteiger charge is -2.09. The smallest absolute Gasteiger partial charge is 0.311 e. The molecule has 0 saturated carbocycles. The van der Waals surface area contributed by atoms with Crippen molar-refractivity contribution in [2.75, 3.05) is 5.75 Å². The van der Waals surface area contributed by atoms with Gasteiger partial charge in [-0.05, 0) is 17.7 Å². The molecule has 2 aromatic carbocycles. The molecular formula is C16H11ClO4S. The van der Waals surface area contributed by atoms with Crippen LogP contribution in [-0.4, -0.2) is 26.8 Å². The molecule has 22 heavy (non-hydrogen) atoms. The molecule has 3 rings (SSSR count). The zero-order valence-corrected chi connectivity index (χ0v) is 12.9. The van der Waals surface area contributed by atoms with Crippen molar-refractivity contribution in [1.82, 2.24) is 0 Å². The summed E-state index contributed by atoms with van der Waals surface area (Å²) in [5.74, 6) is -2.29. The standard InChI is InChI=1S/C16H11ClO4S/c17-10-6-11-13(16(19)20)8-22(21)15(11)12(7-10)14(18)9-4-2-1-3-5-9/h1-7,13H,8H2,(H,19,20)/t13-,22-/m0/s1. The molecule has 0 unspecified atom stereocenters. The largest absolute Gasteiger partial charge is 0.481 e. The van der Waals surface area contributed by atoms with Crippen LogP contribution in [0.15, 0.2) is 47.4 Å². The molecule has 1 N–H and O–H groups in total. The predicted molar refractivity (Wildman–Crippen MR) is 83.0 cm³/mol. The lowest BCUT2D eigenvalue weighted by molar-refractivity contribution is -0.138. The van der Waals surface area contributed by atoms with Crippen molar-refractivity contribution in [3.8, 4) is 0 Å². The van der Waals surface area contributed by atoms with Gasteiger partial charge in [0, 0.05) is 21.9 Å². The molecule has 0 aromatic heterocycles. The first-order valence-electron chi connectivity index (χ1n) is 6.53. The Kier molecular flexibility index (Phi) is 3.85. The maximum absolute atomic E-state index is 12.6. The van der Waals surface area contributed by atoms with Gasteiger partial charge in [0.05, 0.1) is 21.6 Å². The van der Waals surface area contributed by atoms with Crippen molar-refractivity contribution in [1.29, 1.82) is 0 Å². The van der Waals surface area contributed by atoms with Crippen LogP contribution < -0.4 is 0 Å². The number of carbonyl (C=O) groups excluding carboxylic acids is 1. The van der Waals surface area contributed by atoms with E-state index in [0.29, 0.717) is 16.0 Å². The minimum atomic E-state index is -1.52. The number of benzene rings is 2. The highest BCUT2D eigenvalue weighted by molar-refractivity contribution is 7.85. The van der Waals surface area contributed by atoms with Crippen molar-refractivity contribution < 1.29 is 18.9 Å². The fraction of sp³-hybridized carbons (Fsp3) is 0.125. The van der Waals surface area contributed by atoms with Crippen LogP contribution in [0.25, 0.3) is 0 Å². The van der Waals surface area contributed by atoms with Crippen molar-refractivity contribution in [2.45, 2.75) is 10.8 Å². The fourth-order valence-corrected chi connectivity index (χ4v) is 4.45. The molecule has 2 atom stereocenters. The summed E-state index contributed by atoms with van der Waals surface area (Å²) in [6, 6.07) is 11.5. The maximum Gasteiger partial charge on any atom is 0.311 e. The van der Waals surface area contributed by atoms with Gasteiger partial charge in [-0.2, -0.15) is 0 Å². The normalized spacial score (nSPS) is 19.7. The zero-order chi connectivity index (χ0) is 15.9. The SMILES string of the molecule is O=C(c1ccccc1)c1cc(Cl)cc2c1[S@@](=O)C[C@@H]2C(=O)O. The summed E-state index contributed by atoms with van der Waals surface area (Å²) < 4.78 is 12.3. The highest BCUT2D eigenvalue weighted by Gasteiger charge is 2.37. The molecule has 0 saturated heterocycles. The van der Waals surface area contributed by atoms with E-state index in [-0.39, 0.29) is 22.1 Å². The van der Waals surface area contributed by atoms with Crippen LogP contribution in [0.1, 0.15) is 27.4 Å². The van der Waals surface area contributed by atoms with Gasteiger partial charge >= 0.3 is 5.97 Å². The number of ketones is 1. The van der Waals surface area contributed by atoms with E-state index in [1.54, 1.807) is 30.3 Å². The second-order valence-electron chi connectivity index (χ2n) is 4.97. The number of fused-ring (bicyclic) bond motifs is 1. The summed E-state index contributed by atoms with van der Waals surface area (Å²) in [5.41, 5.74) is 1.04. The number of aliphatic carboxylic acids is 1. The Morgan fingerprint density at radius 3 is 2.50 bits per heavy atom. The van der Waals surface area contributed by atoms with Crippen LogP contribution in [0.3, 0.4) is 0 Å². The second-order valence-corrected chi connectivity index (χ2v) is 6.84. The summed E-state index contributed by atoms with van der Waals surface area (Å²) in [6.07, 6.45) is 0. The number of carboxylic acids is 1. The summed E-state index contributed by atoms with van der Waals surface area (Å²) in [5, 5.41) is 9.52. The summed E-state index contributed by atoms with van der Waals surface area (Å²) in [7, 11) is -1.52. The molecule has 1 aliphatic heterocycles. The van der Waals surface area contributed by atoms with Gasteiger partial charge in [-0.15, -0.1) is 0 Å². The monoisotopic (exact) mass is 334 g/mol. The number of halogens is 1. The first-order valence-corrected chi connectivity index (χ1v) is 8.23. The van der Waals surface area contributed by atoms with Gasteiger partial charge in [-0.25, -0.2) is 0 Å². The second kappa shape index (κ2) is 5.66. The number of carbonyl (C=O) groups is 2. The lowest BCUT2D eigenvalue weighted by atomic mass is 9.96. The molecule has 112 valence electrons. The quantitative estimate of drug-likeness (QED) is 0.876. The molecule has 0 amide bonds. The van der Waals surface area contributed by atoms with E-state index in [0.717, 1.165) is 0 Å². The Hall–Kier alpha value is -1.98. The van der Waals surface area contributed by atoms with Crippen LogP contribution in [0, 0.1) is 0 Å². The van der Waals surface area contributed by atoms with Gasteiger partial charge in [0.25, 0.3) is 0 Å². The van der Waals surface area contributed by atoms with Crippen molar-refractivity contribution >= 4 is 34.2 Å². The van der Waals surface area contributed by atoms with Gasteiger partial charge in [0.1, 0.15) is 0 Å². The number of hydrogen-bond acceptors (Lipinski definition) is 3.